The van der Waals surface area contributed by atoms with Gasteiger partial charge in [0, 0.05) is 12.7 Å². The van der Waals surface area contributed by atoms with Crippen LogP contribution in [0.4, 0.5) is 5.69 Å². The summed E-state index contributed by atoms with van der Waals surface area (Å²) in [5, 5.41) is 8.85. The third-order valence-electron chi connectivity index (χ3n) is 3.33. The van der Waals surface area contributed by atoms with Crippen molar-refractivity contribution in [3.63, 3.8) is 0 Å². The van der Waals surface area contributed by atoms with Crippen LogP contribution in [-0.2, 0) is 9.53 Å². The molecule has 0 saturated carbocycles. The number of benzene rings is 2. The van der Waals surface area contributed by atoms with Crippen molar-refractivity contribution in [3.05, 3.63) is 65.7 Å². The summed E-state index contributed by atoms with van der Waals surface area (Å²) in [6.07, 6.45) is -0.932. The molecule has 0 aliphatic heterocycles. The van der Waals surface area contributed by atoms with Crippen molar-refractivity contribution in [1.82, 2.24) is 0 Å². The zero-order valence-corrected chi connectivity index (χ0v) is 12.9. The smallest absolute Gasteiger partial charge is 0.338 e. The number of carbonyl (C=O) groups is 2. The van der Waals surface area contributed by atoms with Gasteiger partial charge in [-0.15, -0.1) is 0 Å². The molecule has 2 aromatic carbocycles. The van der Waals surface area contributed by atoms with Crippen LogP contribution in [0.3, 0.4) is 0 Å². The van der Waals surface area contributed by atoms with Crippen LogP contribution < -0.4 is 4.90 Å². The summed E-state index contributed by atoms with van der Waals surface area (Å²) in [5.74, 6) is -0.967. The van der Waals surface area contributed by atoms with Crippen LogP contribution >= 0.6 is 0 Å². The molecular weight excluding hydrogens is 292 g/mol. The molecule has 1 amide bonds. The molecule has 23 heavy (non-hydrogen) atoms. The lowest BCUT2D eigenvalue weighted by Crippen LogP contribution is -2.37. The van der Waals surface area contributed by atoms with E-state index in [1.807, 2.05) is 24.3 Å². The molecule has 0 aliphatic carbocycles. The van der Waals surface area contributed by atoms with Gasteiger partial charge in [0.05, 0.1) is 17.2 Å². The number of ether oxygens (including phenoxy) is 1. The van der Waals surface area contributed by atoms with Crippen molar-refractivity contribution < 1.29 is 14.3 Å². The minimum atomic E-state index is -0.932. The number of hydrogen-bond acceptors (Lipinski definition) is 4. The second-order valence-corrected chi connectivity index (χ2v) is 4.97. The van der Waals surface area contributed by atoms with E-state index in [0.717, 1.165) is 0 Å². The Morgan fingerprint density at radius 3 is 2.48 bits per heavy atom. The fraction of sp³-hybridized carbons (Fsp3) is 0.167. The molecule has 0 bridgehead atoms. The summed E-state index contributed by atoms with van der Waals surface area (Å²) in [6, 6.07) is 17.2. The van der Waals surface area contributed by atoms with E-state index in [1.54, 1.807) is 37.4 Å². The predicted octanol–water partition coefficient (Wildman–Crippen LogP) is 2.77. The number of hydrogen-bond donors (Lipinski definition) is 0. The standard InChI is InChI=1S/C18H16N2O3/c1-13(17(21)20(2)16-9-4-3-5-10-16)23-18(22)15-8-6-7-14(11-15)12-19/h3-11,13H,1-2H3. The molecular formula is C18H16N2O3. The van der Waals surface area contributed by atoms with E-state index in [-0.39, 0.29) is 11.5 Å². The van der Waals surface area contributed by atoms with E-state index in [4.69, 9.17) is 10.00 Å². The van der Waals surface area contributed by atoms with E-state index in [0.29, 0.717) is 11.3 Å². The normalized spacial score (nSPS) is 11.2. The van der Waals surface area contributed by atoms with Crippen LogP contribution in [0.1, 0.15) is 22.8 Å². The summed E-state index contributed by atoms with van der Waals surface area (Å²) in [7, 11) is 1.62. The highest BCUT2D eigenvalue weighted by Gasteiger charge is 2.23. The first kappa shape index (κ1) is 16.2. The Kier molecular flexibility index (Phi) is 5.11. The quantitative estimate of drug-likeness (QED) is 0.814. The molecule has 0 aromatic heterocycles. The number of esters is 1. The molecule has 0 heterocycles. The lowest BCUT2D eigenvalue weighted by Gasteiger charge is -2.21. The number of anilines is 1. The van der Waals surface area contributed by atoms with Crippen molar-refractivity contribution in [2.75, 3.05) is 11.9 Å². The molecule has 0 N–H and O–H groups in total. The summed E-state index contributed by atoms with van der Waals surface area (Å²) in [6.45, 7) is 1.52. The summed E-state index contributed by atoms with van der Waals surface area (Å²) in [4.78, 5) is 25.8. The summed E-state index contributed by atoms with van der Waals surface area (Å²) < 4.78 is 5.20. The van der Waals surface area contributed by atoms with Gasteiger partial charge in [0.25, 0.3) is 5.91 Å². The molecule has 5 heteroatoms. The number of rotatable bonds is 4. The first-order chi connectivity index (χ1) is 11.0. The first-order valence-electron chi connectivity index (χ1n) is 7.06. The highest BCUT2D eigenvalue weighted by molar-refractivity contribution is 5.98. The van der Waals surface area contributed by atoms with Crippen molar-refractivity contribution in [1.29, 1.82) is 5.26 Å². The van der Waals surface area contributed by atoms with Crippen molar-refractivity contribution in [2.45, 2.75) is 13.0 Å². The minimum Gasteiger partial charge on any atom is -0.449 e. The van der Waals surface area contributed by atoms with Gasteiger partial charge in [-0.3, -0.25) is 4.79 Å². The highest BCUT2D eigenvalue weighted by Crippen LogP contribution is 2.14. The Labute approximate surface area is 134 Å². The monoisotopic (exact) mass is 308 g/mol. The highest BCUT2D eigenvalue weighted by atomic mass is 16.5. The van der Waals surface area contributed by atoms with E-state index >= 15 is 0 Å². The maximum absolute atomic E-state index is 12.3. The van der Waals surface area contributed by atoms with Crippen LogP contribution in [0.2, 0.25) is 0 Å². The molecule has 0 saturated heterocycles. The van der Waals surface area contributed by atoms with Crippen LogP contribution in [0.25, 0.3) is 0 Å². The maximum Gasteiger partial charge on any atom is 0.338 e. The van der Waals surface area contributed by atoms with Gasteiger partial charge in [0.1, 0.15) is 0 Å². The van der Waals surface area contributed by atoms with Crippen LogP contribution in [-0.4, -0.2) is 25.0 Å². The van der Waals surface area contributed by atoms with Gasteiger partial charge >= 0.3 is 5.97 Å². The van der Waals surface area contributed by atoms with Crippen molar-refractivity contribution >= 4 is 17.6 Å². The molecule has 2 rings (SSSR count). The fourth-order valence-electron chi connectivity index (χ4n) is 2.05. The van der Waals surface area contributed by atoms with Crippen LogP contribution in [0.15, 0.2) is 54.6 Å². The first-order valence-corrected chi connectivity index (χ1v) is 7.06. The Morgan fingerprint density at radius 1 is 1.13 bits per heavy atom. The Hall–Kier alpha value is -3.13. The topological polar surface area (TPSA) is 70.4 Å². The Balaban J connectivity index is 2.06. The lowest BCUT2D eigenvalue weighted by molar-refractivity contribution is -0.126. The molecule has 5 nitrogen and oxygen atoms in total. The number of nitriles is 1. The number of amides is 1. The van der Waals surface area contributed by atoms with Crippen molar-refractivity contribution in [3.8, 4) is 6.07 Å². The van der Waals surface area contributed by atoms with Gasteiger partial charge in [0.15, 0.2) is 6.10 Å². The second-order valence-electron chi connectivity index (χ2n) is 4.97. The van der Waals surface area contributed by atoms with Gasteiger partial charge in [-0.25, -0.2) is 4.79 Å². The van der Waals surface area contributed by atoms with Crippen LogP contribution in [0, 0.1) is 11.3 Å². The van der Waals surface area contributed by atoms with Crippen LogP contribution in [0.5, 0.6) is 0 Å². The van der Waals surface area contributed by atoms with Gasteiger partial charge in [-0.2, -0.15) is 5.26 Å². The molecule has 1 unspecified atom stereocenters. The molecule has 1 atom stereocenters. The number of carbonyl (C=O) groups excluding carboxylic acids is 2. The zero-order chi connectivity index (χ0) is 16.8. The molecule has 0 spiro atoms. The maximum atomic E-state index is 12.3. The molecule has 0 aliphatic rings. The average Bonchev–Trinajstić information content (AvgIpc) is 2.61. The second kappa shape index (κ2) is 7.23. The fourth-order valence-corrected chi connectivity index (χ4v) is 2.05. The molecule has 0 radical (unpaired) electrons. The summed E-state index contributed by atoms with van der Waals surface area (Å²) >= 11 is 0. The lowest BCUT2D eigenvalue weighted by atomic mass is 10.1. The Bertz CT molecular complexity index is 750. The zero-order valence-electron chi connectivity index (χ0n) is 12.9. The van der Waals surface area contributed by atoms with Crippen molar-refractivity contribution in [2.24, 2.45) is 0 Å². The third-order valence-corrected chi connectivity index (χ3v) is 3.33. The Morgan fingerprint density at radius 2 is 1.83 bits per heavy atom. The van der Waals surface area contributed by atoms with E-state index in [2.05, 4.69) is 0 Å². The predicted molar refractivity (Wildman–Crippen MR) is 85.9 cm³/mol. The largest absolute Gasteiger partial charge is 0.449 e. The SMILES string of the molecule is CC(OC(=O)c1cccc(C#N)c1)C(=O)N(C)c1ccccc1. The number of para-hydroxylation sites is 1. The molecule has 2 aromatic rings. The van der Waals surface area contributed by atoms with Gasteiger partial charge in [0.2, 0.25) is 0 Å². The van der Waals surface area contributed by atoms with E-state index < -0.39 is 12.1 Å². The number of nitrogens with zero attached hydrogens (tertiary/aromatic N) is 2. The third kappa shape index (κ3) is 3.95. The van der Waals surface area contributed by atoms with Gasteiger partial charge in [-0.1, -0.05) is 24.3 Å². The van der Waals surface area contributed by atoms with E-state index in [1.165, 1.54) is 17.9 Å². The minimum absolute atomic E-state index is 0.242. The molecule has 0 fully saturated rings. The van der Waals surface area contributed by atoms with Gasteiger partial charge < -0.3 is 9.64 Å². The summed E-state index contributed by atoms with van der Waals surface area (Å²) in [5.41, 5.74) is 1.32. The van der Waals surface area contributed by atoms with Gasteiger partial charge in [-0.05, 0) is 37.3 Å². The molecule has 116 valence electrons. The number of likely N-dealkylation sites (N-methyl/N-ethyl adjacent to an activating group) is 1. The van der Waals surface area contributed by atoms with E-state index in [9.17, 15) is 9.59 Å². The average molecular weight is 308 g/mol.